The van der Waals surface area contributed by atoms with Gasteiger partial charge in [0.25, 0.3) is 5.56 Å². The molecule has 1 saturated heterocycles. The number of hydrogen-bond acceptors (Lipinski definition) is 5. The first-order valence-electron chi connectivity index (χ1n) is 5.97. The Hall–Kier alpha value is -1.01. The van der Waals surface area contributed by atoms with Crippen molar-refractivity contribution in [3.05, 3.63) is 16.4 Å². The topological polar surface area (TPSA) is 83.8 Å². The number of aromatic nitrogens is 2. The van der Waals surface area contributed by atoms with Crippen molar-refractivity contribution in [2.24, 2.45) is 0 Å². The zero-order chi connectivity index (χ0) is 12.1. The van der Waals surface area contributed by atoms with Gasteiger partial charge in [-0.1, -0.05) is 18.2 Å². The largest absolute Gasteiger partial charge is 0.383 e. The SMILES string of the molecule is Nc1cc(=O)[nH]c(SCCC2CCCCN2)n1. The van der Waals surface area contributed by atoms with E-state index in [0.29, 0.717) is 11.2 Å². The smallest absolute Gasteiger partial charge is 0.253 e. The lowest BCUT2D eigenvalue weighted by molar-refractivity contribution is 0.394. The van der Waals surface area contributed by atoms with Crippen molar-refractivity contribution < 1.29 is 0 Å². The zero-order valence-corrected chi connectivity index (χ0v) is 10.6. The number of hydrogen-bond donors (Lipinski definition) is 3. The maximum atomic E-state index is 11.2. The molecule has 1 fully saturated rings. The molecule has 1 aromatic rings. The first-order valence-corrected chi connectivity index (χ1v) is 6.95. The molecule has 0 bridgehead atoms. The summed E-state index contributed by atoms with van der Waals surface area (Å²) in [6.45, 7) is 1.13. The summed E-state index contributed by atoms with van der Waals surface area (Å²) in [5.74, 6) is 1.23. The fourth-order valence-electron chi connectivity index (χ4n) is 1.99. The summed E-state index contributed by atoms with van der Waals surface area (Å²) in [6, 6.07) is 1.91. The van der Waals surface area contributed by atoms with E-state index in [-0.39, 0.29) is 11.4 Å². The summed E-state index contributed by atoms with van der Waals surface area (Å²) in [7, 11) is 0. The highest BCUT2D eigenvalue weighted by atomic mass is 32.2. The third-order valence-electron chi connectivity index (χ3n) is 2.86. The van der Waals surface area contributed by atoms with Crippen molar-refractivity contribution in [1.82, 2.24) is 15.3 Å². The second-order valence-electron chi connectivity index (χ2n) is 4.26. The Morgan fingerprint density at radius 1 is 1.53 bits per heavy atom. The van der Waals surface area contributed by atoms with Crippen molar-refractivity contribution in [2.45, 2.75) is 36.9 Å². The summed E-state index contributed by atoms with van der Waals surface area (Å²) in [4.78, 5) is 17.9. The van der Waals surface area contributed by atoms with Crippen molar-refractivity contribution in [3.8, 4) is 0 Å². The highest BCUT2D eigenvalue weighted by Crippen LogP contribution is 2.17. The van der Waals surface area contributed by atoms with Crippen LogP contribution in [-0.2, 0) is 0 Å². The lowest BCUT2D eigenvalue weighted by Crippen LogP contribution is -2.34. The van der Waals surface area contributed by atoms with E-state index < -0.39 is 0 Å². The zero-order valence-electron chi connectivity index (χ0n) is 9.74. The lowest BCUT2D eigenvalue weighted by atomic mass is 10.0. The van der Waals surface area contributed by atoms with Crippen LogP contribution in [0.15, 0.2) is 16.0 Å². The number of nitrogens with one attached hydrogen (secondary N) is 2. The molecule has 0 aliphatic carbocycles. The molecule has 0 saturated carbocycles. The number of aromatic amines is 1. The molecule has 1 unspecified atom stereocenters. The molecular weight excluding hydrogens is 236 g/mol. The number of nitrogen functional groups attached to an aromatic ring is 1. The van der Waals surface area contributed by atoms with Gasteiger partial charge in [0.1, 0.15) is 5.82 Å². The summed E-state index contributed by atoms with van der Waals surface area (Å²) >= 11 is 1.56. The number of rotatable bonds is 4. The summed E-state index contributed by atoms with van der Waals surface area (Å²) < 4.78 is 0. The molecule has 1 atom stereocenters. The van der Waals surface area contributed by atoms with Crippen LogP contribution < -0.4 is 16.6 Å². The molecule has 4 N–H and O–H groups in total. The van der Waals surface area contributed by atoms with Crippen LogP contribution in [0.25, 0.3) is 0 Å². The molecule has 6 heteroatoms. The molecule has 0 radical (unpaired) electrons. The van der Waals surface area contributed by atoms with E-state index in [2.05, 4.69) is 15.3 Å². The van der Waals surface area contributed by atoms with E-state index in [1.807, 2.05) is 0 Å². The molecule has 0 aromatic carbocycles. The van der Waals surface area contributed by atoms with Gasteiger partial charge < -0.3 is 16.0 Å². The van der Waals surface area contributed by atoms with Crippen LogP contribution in [0.2, 0.25) is 0 Å². The van der Waals surface area contributed by atoms with Crippen LogP contribution in [0.5, 0.6) is 0 Å². The molecule has 2 heterocycles. The standard InChI is InChI=1S/C11H18N4OS/c12-9-7-10(16)15-11(14-9)17-6-4-8-3-1-2-5-13-8/h7-8,13H,1-6H2,(H3,12,14,15,16). The average molecular weight is 254 g/mol. The van der Waals surface area contributed by atoms with Gasteiger partial charge >= 0.3 is 0 Å². The first kappa shape index (κ1) is 12.4. The molecule has 1 aromatic heterocycles. The third-order valence-corrected chi connectivity index (χ3v) is 3.76. The summed E-state index contributed by atoms with van der Waals surface area (Å²) in [6.07, 6.45) is 4.95. The maximum Gasteiger partial charge on any atom is 0.253 e. The van der Waals surface area contributed by atoms with Gasteiger partial charge in [-0.25, -0.2) is 4.98 Å². The lowest BCUT2D eigenvalue weighted by Gasteiger charge is -2.22. The van der Waals surface area contributed by atoms with E-state index in [4.69, 9.17) is 5.73 Å². The highest BCUT2D eigenvalue weighted by molar-refractivity contribution is 7.99. The van der Waals surface area contributed by atoms with Crippen molar-refractivity contribution in [2.75, 3.05) is 18.0 Å². The monoisotopic (exact) mass is 254 g/mol. The van der Waals surface area contributed by atoms with Gasteiger partial charge in [-0.15, -0.1) is 0 Å². The quantitative estimate of drug-likeness (QED) is 0.551. The van der Waals surface area contributed by atoms with Gasteiger partial charge in [0.05, 0.1) is 0 Å². The first-order chi connectivity index (χ1) is 8.24. The second kappa shape index (κ2) is 6.07. The third kappa shape index (κ3) is 4.05. The Labute approximate surface area is 105 Å². The molecule has 0 amide bonds. The Balaban J connectivity index is 1.79. The van der Waals surface area contributed by atoms with Crippen molar-refractivity contribution in [1.29, 1.82) is 0 Å². The minimum Gasteiger partial charge on any atom is -0.383 e. The Morgan fingerprint density at radius 3 is 3.12 bits per heavy atom. The average Bonchev–Trinajstić information content (AvgIpc) is 2.29. The van der Waals surface area contributed by atoms with E-state index in [1.165, 1.54) is 25.3 Å². The molecule has 2 rings (SSSR count). The highest BCUT2D eigenvalue weighted by Gasteiger charge is 2.12. The number of H-pyrrole nitrogens is 1. The minimum atomic E-state index is -0.184. The number of anilines is 1. The Bertz CT molecular complexity index is 414. The minimum absolute atomic E-state index is 0.184. The van der Waals surface area contributed by atoms with Gasteiger partial charge in [-0.05, 0) is 25.8 Å². The van der Waals surface area contributed by atoms with Gasteiger partial charge in [-0.2, -0.15) is 0 Å². The number of thioether (sulfide) groups is 1. The molecular formula is C11H18N4OS. The molecule has 94 valence electrons. The van der Waals surface area contributed by atoms with Gasteiger partial charge in [0, 0.05) is 17.9 Å². The second-order valence-corrected chi connectivity index (χ2v) is 5.34. The van der Waals surface area contributed by atoms with Gasteiger partial charge in [0.2, 0.25) is 0 Å². The normalized spacial score (nSPS) is 20.4. The van der Waals surface area contributed by atoms with E-state index >= 15 is 0 Å². The predicted molar refractivity (Wildman–Crippen MR) is 70.3 cm³/mol. The Kier molecular flexibility index (Phi) is 4.44. The molecule has 17 heavy (non-hydrogen) atoms. The molecule has 1 aliphatic heterocycles. The van der Waals surface area contributed by atoms with E-state index in [9.17, 15) is 4.79 Å². The van der Waals surface area contributed by atoms with Crippen LogP contribution in [0, 0.1) is 0 Å². The number of nitrogens with two attached hydrogens (primary N) is 1. The van der Waals surface area contributed by atoms with Crippen LogP contribution in [0.1, 0.15) is 25.7 Å². The van der Waals surface area contributed by atoms with Crippen LogP contribution in [0.4, 0.5) is 5.82 Å². The Morgan fingerprint density at radius 2 is 2.41 bits per heavy atom. The maximum absolute atomic E-state index is 11.2. The fraction of sp³-hybridized carbons (Fsp3) is 0.636. The molecule has 5 nitrogen and oxygen atoms in total. The number of piperidine rings is 1. The van der Waals surface area contributed by atoms with Crippen molar-refractivity contribution in [3.63, 3.8) is 0 Å². The van der Waals surface area contributed by atoms with E-state index in [0.717, 1.165) is 18.7 Å². The predicted octanol–water partition coefficient (Wildman–Crippen LogP) is 0.976. The van der Waals surface area contributed by atoms with Gasteiger partial charge in [0.15, 0.2) is 5.16 Å². The number of nitrogens with zero attached hydrogens (tertiary/aromatic N) is 1. The van der Waals surface area contributed by atoms with E-state index in [1.54, 1.807) is 11.8 Å². The van der Waals surface area contributed by atoms with Crippen molar-refractivity contribution >= 4 is 17.6 Å². The van der Waals surface area contributed by atoms with Crippen LogP contribution in [-0.4, -0.2) is 28.3 Å². The van der Waals surface area contributed by atoms with Crippen LogP contribution in [0.3, 0.4) is 0 Å². The molecule has 0 spiro atoms. The van der Waals surface area contributed by atoms with Crippen LogP contribution >= 0.6 is 11.8 Å². The summed E-state index contributed by atoms with van der Waals surface area (Å²) in [5, 5.41) is 4.11. The molecule has 1 aliphatic rings. The fourth-order valence-corrected chi connectivity index (χ4v) is 2.93. The summed E-state index contributed by atoms with van der Waals surface area (Å²) in [5.41, 5.74) is 5.33. The van der Waals surface area contributed by atoms with Gasteiger partial charge in [-0.3, -0.25) is 4.79 Å².